The van der Waals surface area contributed by atoms with Gasteiger partial charge < -0.3 is 20.3 Å². The Bertz CT molecular complexity index is 1100. The van der Waals surface area contributed by atoms with Crippen molar-refractivity contribution < 1.29 is 9.53 Å². The third-order valence-electron chi connectivity index (χ3n) is 4.99. The molecule has 0 radical (unpaired) electrons. The molecular formula is C23H24N6O3S. The molecule has 1 aliphatic heterocycles. The number of aromatic nitrogens is 2. The molecule has 1 aromatic heterocycles. The van der Waals surface area contributed by atoms with Gasteiger partial charge in [0.1, 0.15) is 5.03 Å². The van der Waals surface area contributed by atoms with Crippen LogP contribution in [0.25, 0.3) is 0 Å². The van der Waals surface area contributed by atoms with Crippen LogP contribution in [0.2, 0.25) is 0 Å². The highest BCUT2D eigenvalue weighted by atomic mass is 32.2. The molecule has 1 amide bonds. The molecule has 0 atom stereocenters. The van der Waals surface area contributed by atoms with Gasteiger partial charge in [0.25, 0.3) is 0 Å². The molecule has 2 N–H and O–H groups in total. The van der Waals surface area contributed by atoms with E-state index in [1.54, 1.807) is 18.3 Å². The van der Waals surface area contributed by atoms with Crippen molar-refractivity contribution in [1.82, 2.24) is 9.97 Å². The topological polar surface area (TPSA) is 109 Å². The first-order valence-corrected chi connectivity index (χ1v) is 11.3. The molecule has 3 aromatic rings. The minimum atomic E-state index is -0.439. The molecule has 4 rings (SSSR count). The number of benzene rings is 2. The minimum Gasteiger partial charge on any atom is -0.378 e. The number of anilines is 4. The molecule has 2 aromatic carbocycles. The minimum absolute atomic E-state index is 0.400. The molecule has 33 heavy (non-hydrogen) atoms. The quantitative estimate of drug-likeness (QED) is 0.377. The molecule has 0 saturated carbocycles. The number of nitrogens with one attached hydrogen (secondary N) is 2. The average molecular weight is 465 g/mol. The van der Waals surface area contributed by atoms with Crippen molar-refractivity contribution in [2.24, 2.45) is 5.18 Å². The fourth-order valence-corrected chi connectivity index (χ4v) is 4.11. The number of carbonyl (C=O) groups is 1. The zero-order chi connectivity index (χ0) is 23.0. The molecule has 0 bridgehead atoms. The lowest BCUT2D eigenvalue weighted by atomic mass is 10.2. The molecule has 10 heteroatoms. The fraction of sp³-hybridized carbons (Fsp3) is 0.261. The molecule has 9 nitrogen and oxygen atoms in total. The first-order valence-electron chi connectivity index (χ1n) is 10.5. The summed E-state index contributed by atoms with van der Waals surface area (Å²) in [6.45, 7) is 4.88. The van der Waals surface area contributed by atoms with Crippen LogP contribution in [-0.4, -0.2) is 48.7 Å². The van der Waals surface area contributed by atoms with E-state index in [4.69, 9.17) is 4.74 Å². The van der Waals surface area contributed by atoms with Crippen LogP contribution < -0.4 is 15.5 Å². The van der Waals surface area contributed by atoms with Gasteiger partial charge in [-0.25, -0.2) is 9.97 Å². The normalized spacial score (nSPS) is 13.4. The number of morpholine rings is 1. The zero-order valence-corrected chi connectivity index (χ0v) is 19.0. The highest BCUT2D eigenvalue weighted by Gasteiger charge is 2.11. The van der Waals surface area contributed by atoms with Gasteiger partial charge in [0.2, 0.25) is 11.9 Å². The summed E-state index contributed by atoms with van der Waals surface area (Å²) in [6.07, 6.45) is 1.79. The Kier molecular flexibility index (Phi) is 7.48. The molecular weight excluding hydrogens is 440 g/mol. The number of rotatable bonds is 8. The van der Waals surface area contributed by atoms with E-state index in [0.717, 1.165) is 47.5 Å². The summed E-state index contributed by atoms with van der Waals surface area (Å²) in [5.74, 6) is 0.0817. The monoisotopic (exact) mass is 464 g/mol. The Labute approximate surface area is 195 Å². The number of hydrogen-bond donors (Lipinski definition) is 2. The van der Waals surface area contributed by atoms with Crippen LogP contribution in [0, 0.1) is 11.8 Å². The fourth-order valence-electron chi connectivity index (χ4n) is 3.27. The summed E-state index contributed by atoms with van der Waals surface area (Å²) < 4.78 is 5.41. The third kappa shape index (κ3) is 6.27. The van der Waals surface area contributed by atoms with E-state index in [2.05, 4.69) is 42.8 Å². The number of ether oxygens (including phenoxy) is 1. The lowest BCUT2D eigenvalue weighted by Gasteiger charge is -2.28. The van der Waals surface area contributed by atoms with Crippen molar-refractivity contribution in [2.75, 3.05) is 48.4 Å². The van der Waals surface area contributed by atoms with Crippen LogP contribution in [0.5, 0.6) is 0 Å². The van der Waals surface area contributed by atoms with E-state index in [1.165, 1.54) is 17.4 Å². The van der Waals surface area contributed by atoms with Gasteiger partial charge in [0.15, 0.2) is 6.54 Å². The molecule has 1 fully saturated rings. The average Bonchev–Trinajstić information content (AvgIpc) is 2.84. The SMILES string of the molecule is Cc1cnc(Nc2ccc(N3CCOCC3)cc2)nc1Sc1ccc(NC(=O)CN=O)cc1. The number of nitrogens with zero attached hydrogens (tertiary/aromatic N) is 4. The first kappa shape index (κ1) is 22.7. The van der Waals surface area contributed by atoms with Gasteiger partial charge in [-0.2, -0.15) is 4.91 Å². The largest absolute Gasteiger partial charge is 0.378 e. The van der Waals surface area contributed by atoms with E-state index in [1.807, 2.05) is 31.2 Å². The van der Waals surface area contributed by atoms with Crippen molar-refractivity contribution in [3.8, 4) is 0 Å². The third-order valence-corrected chi connectivity index (χ3v) is 6.10. The summed E-state index contributed by atoms with van der Waals surface area (Å²) in [4.78, 5) is 34.0. The number of amides is 1. The summed E-state index contributed by atoms with van der Waals surface area (Å²) in [7, 11) is 0. The van der Waals surface area contributed by atoms with E-state index in [0.29, 0.717) is 11.6 Å². The van der Waals surface area contributed by atoms with Gasteiger partial charge in [0, 0.05) is 46.8 Å². The number of nitroso groups, excluding NO2 is 1. The Hall–Kier alpha value is -3.50. The van der Waals surface area contributed by atoms with Crippen molar-refractivity contribution in [2.45, 2.75) is 16.8 Å². The summed E-state index contributed by atoms with van der Waals surface area (Å²) in [5.41, 5.74) is 3.65. The highest BCUT2D eigenvalue weighted by molar-refractivity contribution is 7.99. The van der Waals surface area contributed by atoms with Gasteiger partial charge in [-0.15, -0.1) is 0 Å². The molecule has 0 spiro atoms. The standard InChI is InChI=1S/C23H24N6O3S/c1-16-14-24-23(27-18-2-6-19(7-3-18)29-10-12-32-13-11-29)28-22(16)33-20-8-4-17(5-9-20)26-21(30)15-25-31/h2-9,14H,10-13,15H2,1H3,(H,26,30)(H,24,27,28). The molecule has 0 unspecified atom stereocenters. The summed E-state index contributed by atoms with van der Waals surface area (Å²) >= 11 is 1.51. The van der Waals surface area contributed by atoms with Gasteiger partial charge in [-0.05, 0) is 55.5 Å². The van der Waals surface area contributed by atoms with Crippen LogP contribution in [0.4, 0.5) is 23.0 Å². The van der Waals surface area contributed by atoms with Crippen LogP contribution >= 0.6 is 11.8 Å². The van der Waals surface area contributed by atoms with Crippen molar-refractivity contribution >= 4 is 40.7 Å². The second-order valence-corrected chi connectivity index (χ2v) is 8.48. The lowest BCUT2D eigenvalue weighted by molar-refractivity contribution is -0.114. The van der Waals surface area contributed by atoms with E-state index in [9.17, 15) is 9.70 Å². The second kappa shape index (κ2) is 10.9. The van der Waals surface area contributed by atoms with Crippen LogP contribution in [-0.2, 0) is 9.53 Å². The maximum atomic E-state index is 11.5. The second-order valence-electron chi connectivity index (χ2n) is 7.41. The Morgan fingerprint density at radius 3 is 2.48 bits per heavy atom. The predicted octanol–water partition coefficient (Wildman–Crippen LogP) is 4.22. The van der Waals surface area contributed by atoms with Gasteiger partial charge in [-0.3, -0.25) is 4.79 Å². The summed E-state index contributed by atoms with van der Waals surface area (Å²) in [5, 5.41) is 9.31. The van der Waals surface area contributed by atoms with E-state index >= 15 is 0 Å². The maximum Gasteiger partial charge on any atom is 0.249 e. The molecule has 0 aliphatic carbocycles. The number of carbonyl (C=O) groups excluding carboxylic acids is 1. The Balaban J connectivity index is 1.40. The van der Waals surface area contributed by atoms with E-state index < -0.39 is 12.5 Å². The molecule has 1 saturated heterocycles. The van der Waals surface area contributed by atoms with E-state index in [-0.39, 0.29) is 0 Å². The van der Waals surface area contributed by atoms with Gasteiger partial charge in [0.05, 0.1) is 13.2 Å². The van der Waals surface area contributed by atoms with Crippen molar-refractivity contribution in [3.05, 3.63) is 65.2 Å². The van der Waals surface area contributed by atoms with Gasteiger partial charge >= 0.3 is 0 Å². The van der Waals surface area contributed by atoms with Crippen LogP contribution in [0.3, 0.4) is 0 Å². The van der Waals surface area contributed by atoms with Crippen molar-refractivity contribution in [1.29, 1.82) is 0 Å². The number of hydrogen-bond acceptors (Lipinski definition) is 9. The smallest absolute Gasteiger partial charge is 0.249 e. The summed E-state index contributed by atoms with van der Waals surface area (Å²) in [6, 6.07) is 15.5. The lowest BCUT2D eigenvalue weighted by Crippen LogP contribution is -2.36. The van der Waals surface area contributed by atoms with Crippen molar-refractivity contribution in [3.63, 3.8) is 0 Å². The first-order chi connectivity index (χ1) is 16.1. The predicted molar refractivity (Wildman–Crippen MR) is 129 cm³/mol. The zero-order valence-electron chi connectivity index (χ0n) is 18.2. The number of aryl methyl sites for hydroxylation is 1. The van der Waals surface area contributed by atoms with Crippen LogP contribution in [0.15, 0.2) is 69.8 Å². The molecule has 170 valence electrons. The Morgan fingerprint density at radius 1 is 1.09 bits per heavy atom. The Morgan fingerprint density at radius 2 is 1.79 bits per heavy atom. The molecule has 2 heterocycles. The maximum absolute atomic E-state index is 11.5. The highest BCUT2D eigenvalue weighted by Crippen LogP contribution is 2.30. The molecule has 1 aliphatic rings. The van der Waals surface area contributed by atoms with Crippen LogP contribution in [0.1, 0.15) is 5.56 Å². The van der Waals surface area contributed by atoms with Gasteiger partial charge in [-0.1, -0.05) is 16.9 Å².